The third kappa shape index (κ3) is 9.28. The van der Waals surface area contributed by atoms with Crippen LogP contribution in [0, 0.1) is 97.6 Å². The Hall–Kier alpha value is -5.37. The van der Waals surface area contributed by atoms with Gasteiger partial charge in [0.05, 0.1) is 30.2 Å². The Morgan fingerprint density at radius 1 is 0.753 bits per heavy atom. The van der Waals surface area contributed by atoms with Gasteiger partial charge in [0, 0.05) is 46.6 Å². The van der Waals surface area contributed by atoms with Crippen LogP contribution in [-0.2, 0) is 17.6 Å². The van der Waals surface area contributed by atoms with E-state index < -0.39 is 46.3 Å². The van der Waals surface area contributed by atoms with Crippen LogP contribution in [0.2, 0.25) is 0 Å². The Kier molecular flexibility index (Phi) is 15.1. The number of carboxylic acids is 1. The van der Waals surface area contributed by atoms with E-state index in [2.05, 4.69) is 142 Å². The van der Waals surface area contributed by atoms with Crippen molar-refractivity contribution < 1.29 is 25.2 Å². The number of aryl methyl sites for hydroxylation is 1. The summed E-state index contributed by atoms with van der Waals surface area (Å²) >= 11 is 0. The lowest BCUT2D eigenvalue weighted by Gasteiger charge is -2.74. The predicted octanol–water partition coefficient (Wildman–Crippen LogP) is 16.7. The highest BCUT2D eigenvalue weighted by Gasteiger charge is 2.77. The number of aliphatic hydroxyl groups is 3. The molecule has 18 unspecified atom stereocenters. The second kappa shape index (κ2) is 22.9. The van der Waals surface area contributed by atoms with Gasteiger partial charge in [-0.05, 0) is 279 Å². The molecular formula is C86H108N2O5. The van der Waals surface area contributed by atoms with Crippen LogP contribution in [0.4, 0.5) is 0 Å². The number of fused-ring (bicyclic) bond motifs is 5. The molecule has 18 atom stereocenters. The molecule has 0 aromatic heterocycles. The molecule has 93 heavy (non-hydrogen) atoms. The largest absolute Gasteiger partial charge is 0.516 e. The molecule has 6 heterocycles. The van der Waals surface area contributed by atoms with Crippen molar-refractivity contribution >= 4 is 23.2 Å². The van der Waals surface area contributed by atoms with Gasteiger partial charge in [-0.3, -0.25) is 4.79 Å². The number of hydrogen-bond acceptors (Lipinski definition) is 6. The summed E-state index contributed by atoms with van der Waals surface area (Å²) in [6, 6.07) is 28.2. The van der Waals surface area contributed by atoms with E-state index in [1.807, 2.05) is 0 Å². The first kappa shape index (κ1) is 61.2. The molecule has 6 saturated carbocycles. The molecule has 7 heteroatoms. The first-order valence-electron chi connectivity index (χ1n) is 38.0. The zero-order valence-electron chi connectivity index (χ0n) is 56.7. The van der Waals surface area contributed by atoms with Crippen LogP contribution >= 0.6 is 0 Å². The normalized spacial score (nSPS) is 42.1. The number of rotatable bonds is 5. The molecule has 0 radical (unpaired) electrons. The van der Waals surface area contributed by atoms with Gasteiger partial charge in [0.2, 0.25) is 0 Å². The highest BCUT2D eigenvalue weighted by Crippen LogP contribution is 2.84. The summed E-state index contributed by atoms with van der Waals surface area (Å²) in [6.07, 6.45) is 41.1. The number of carbonyl (C=O) groups is 1. The van der Waals surface area contributed by atoms with Crippen LogP contribution in [0.3, 0.4) is 0 Å². The second-order valence-corrected chi connectivity index (χ2v) is 34.9. The molecule has 0 saturated heterocycles. The molecule has 3 aromatic carbocycles. The zero-order valence-corrected chi connectivity index (χ0v) is 56.7. The van der Waals surface area contributed by atoms with Crippen molar-refractivity contribution in [3.05, 3.63) is 170 Å². The van der Waals surface area contributed by atoms with Gasteiger partial charge in [-0.1, -0.05) is 161 Å². The minimum Gasteiger partial charge on any atom is -0.516 e. The first-order valence-corrected chi connectivity index (χ1v) is 38.0. The van der Waals surface area contributed by atoms with Crippen molar-refractivity contribution in [2.75, 3.05) is 13.1 Å². The number of hydrogen-bond donors (Lipinski definition) is 6. The fraction of sp³-hybridized carbons (Fsp3) is 0.616. The summed E-state index contributed by atoms with van der Waals surface area (Å²) in [6.45, 7) is 11.5. The SMILES string of the molecule is CC(C)CC1=CCC2(C)C(O)CCC34C5=C6CC1(C=C1C(=c7ccccc7=CC13)Cc1cccc(c1)C1=CC=C(NCCCC(C3CCCCC3)C(=CO)CCC(C(=O)O)C3C(O)CC6(C6CCC7(CC8CC9CCc%10ccccc%10C9CC8C7)C6)C3(C)CC5)NC1)C24. The van der Waals surface area contributed by atoms with Crippen molar-refractivity contribution in [2.24, 2.45) is 97.6 Å². The summed E-state index contributed by atoms with van der Waals surface area (Å²) in [5.74, 6) is 3.73. The van der Waals surface area contributed by atoms with E-state index in [1.165, 1.54) is 115 Å². The third-order valence-corrected chi connectivity index (χ3v) is 30.5. The molecule has 14 bridgehead atoms. The topological polar surface area (TPSA) is 122 Å². The van der Waals surface area contributed by atoms with Gasteiger partial charge in [-0.2, -0.15) is 0 Å². The summed E-state index contributed by atoms with van der Waals surface area (Å²) in [5.41, 5.74) is 14.4. The van der Waals surface area contributed by atoms with Gasteiger partial charge in [-0.25, -0.2) is 0 Å². The highest BCUT2D eigenvalue weighted by molar-refractivity contribution is 5.78. The zero-order chi connectivity index (χ0) is 63.4. The van der Waals surface area contributed by atoms with E-state index in [0.717, 1.165) is 126 Å². The quantitative estimate of drug-likeness (QED) is 0.111. The Bertz CT molecular complexity index is 3830. The van der Waals surface area contributed by atoms with Gasteiger partial charge in [0.15, 0.2) is 0 Å². The van der Waals surface area contributed by atoms with Crippen LogP contribution < -0.4 is 21.1 Å². The molecule has 3 aromatic rings. The maximum absolute atomic E-state index is 14.9. The van der Waals surface area contributed by atoms with Crippen LogP contribution in [0.15, 0.2) is 137 Å². The number of dihydropyridines is 1. The van der Waals surface area contributed by atoms with Gasteiger partial charge in [0.25, 0.3) is 0 Å². The summed E-state index contributed by atoms with van der Waals surface area (Å²) < 4.78 is 0. The van der Waals surface area contributed by atoms with Gasteiger partial charge in [0.1, 0.15) is 0 Å². The fourth-order valence-corrected chi connectivity index (χ4v) is 27.1. The van der Waals surface area contributed by atoms with Crippen molar-refractivity contribution in [3.63, 3.8) is 0 Å². The van der Waals surface area contributed by atoms with Gasteiger partial charge >= 0.3 is 5.97 Å². The number of aliphatic carboxylic acids is 1. The highest BCUT2D eigenvalue weighted by atomic mass is 16.4. The lowest BCUT2D eigenvalue weighted by Crippen LogP contribution is -2.69. The van der Waals surface area contributed by atoms with Crippen LogP contribution in [0.5, 0.6) is 0 Å². The molecule has 6 N–H and O–H groups in total. The number of aliphatic hydroxyl groups excluding tert-OH is 3. The minimum absolute atomic E-state index is 0.0942. The lowest BCUT2D eigenvalue weighted by atomic mass is 9.29. The molecule has 6 fully saturated rings. The van der Waals surface area contributed by atoms with E-state index in [4.69, 9.17) is 0 Å². The van der Waals surface area contributed by atoms with E-state index in [1.54, 1.807) is 27.8 Å². The summed E-state index contributed by atoms with van der Waals surface area (Å²) in [4.78, 5) is 14.9. The van der Waals surface area contributed by atoms with Gasteiger partial charge < -0.3 is 31.1 Å². The first-order chi connectivity index (χ1) is 45.1. The monoisotopic (exact) mass is 1250 g/mol. The van der Waals surface area contributed by atoms with E-state index in [9.17, 15) is 25.2 Å². The fourth-order valence-electron chi connectivity index (χ4n) is 27.1. The second-order valence-electron chi connectivity index (χ2n) is 34.9. The molecule has 0 amide bonds. The molecule has 6 aliphatic heterocycles. The van der Waals surface area contributed by atoms with E-state index >= 15 is 0 Å². The average Bonchev–Trinajstić information content (AvgIpc) is 1.38. The van der Waals surface area contributed by atoms with Gasteiger partial charge in [-0.15, -0.1) is 0 Å². The van der Waals surface area contributed by atoms with Crippen LogP contribution in [0.25, 0.3) is 17.2 Å². The Balaban J connectivity index is 0.859. The number of carboxylic acid groups (broad SMARTS) is 1. The smallest absolute Gasteiger partial charge is 0.306 e. The van der Waals surface area contributed by atoms with Crippen molar-refractivity contribution in [1.29, 1.82) is 0 Å². The standard InChI is InChI=1S/C86H108N2O5/c1-52(2)38-63-29-33-81(3)76(91)32-36-85-72-31-34-82(4)78-68(79(92)93)27-25-60(51-89)65(54-15-6-5-7-16-54)22-13-37-87-77-28-26-59(50-88-77)56-19-12-14-53(39-56)40-70-67-21-11-9-18-57(67)43-73(85)71(70)47-84(63,80(81)85)48-74(72)86(82,49-75(78)90)64-30-35-83(46-64)44-61-41-58-24-23-55-17-8-10-20-66(55)69(58)42-62(61)45-83/h8-12,14,17-21,26,28-29,39,43,47,51-52,54,58,61-62,64-65,68-69,73,75-76,78,80,87-91H,5-7,13,15-16,22-25,27,30-38,40-42,44-46,48-50H2,1-4H3,(H,92,93). The maximum Gasteiger partial charge on any atom is 0.306 e. The molecular weight excluding hydrogens is 1140 g/mol. The minimum atomic E-state index is -0.773. The Morgan fingerprint density at radius 2 is 1.58 bits per heavy atom. The summed E-state index contributed by atoms with van der Waals surface area (Å²) in [5, 5.41) is 60.9. The number of allylic oxidation sites excluding steroid dienone is 9. The van der Waals surface area contributed by atoms with Crippen LogP contribution in [0.1, 0.15) is 216 Å². The molecule has 12 aliphatic carbocycles. The van der Waals surface area contributed by atoms with E-state index in [-0.39, 0.29) is 34.0 Å². The molecule has 7 nitrogen and oxygen atoms in total. The maximum atomic E-state index is 14.9. The third-order valence-electron chi connectivity index (χ3n) is 30.5. The molecule has 18 aliphatic rings. The Labute approximate surface area is 555 Å². The molecule has 21 rings (SSSR count). The Morgan fingerprint density at radius 3 is 2.40 bits per heavy atom. The molecule has 3 spiro atoms. The van der Waals surface area contributed by atoms with E-state index in [0.29, 0.717) is 42.9 Å². The molecule has 492 valence electrons. The lowest BCUT2D eigenvalue weighted by molar-refractivity contribution is -0.167. The van der Waals surface area contributed by atoms with Crippen molar-refractivity contribution in [1.82, 2.24) is 10.6 Å². The predicted molar refractivity (Wildman–Crippen MR) is 373 cm³/mol. The average molecular weight is 1250 g/mol. The van der Waals surface area contributed by atoms with Crippen LogP contribution in [-0.4, -0.2) is 51.7 Å². The number of benzene rings is 3. The number of nitrogens with one attached hydrogen (secondary N) is 2. The van der Waals surface area contributed by atoms with Crippen molar-refractivity contribution in [3.8, 4) is 0 Å². The van der Waals surface area contributed by atoms with Crippen molar-refractivity contribution in [2.45, 2.75) is 219 Å². The summed E-state index contributed by atoms with van der Waals surface area (Å²) in [7, 11) is 0.